The number of nitrogens with zero attached hydrogens (tertiary/aromatic N) is 1. The maximum Gasteiger partial charge on any atom is 0.240 e. The van der Waals surface area contributed by atoms with Gasteiger partial charge in [-0.15, -0.1) is 0 Å². The first-order chi connectivity index (χ1) is 13.6. The molecule has 0 fully saturated rings. The number of aromatic amines is 1. The van der Waals surface area contributed by atoms with Gasteiger partial charge in [0, 0.05) is 36.3 Å². The van der Waals surface area contributed by atoms with Gasteiger partial charge in [-0.1, -0.05) is 18.2 Å². The number of rotatable bonds is 8. The summed E-state index contributed by atoms with van der Waals surface area (Å²) in [4.78, 5) is 29.1. The van der Waals surface area contributed by atoms with Crippen molar-refractivity contribution in [3.8, 4) is 5.75 Å². The zero-order valence-electron chi connectivity index (χ0n) is 16.2. The van der Waals surface area contributed by atoms with Crippen LogP contribution in [0.5, 0.6) is 5.75 Å². The van der Waals surface area contributed by atoms with Gasteiger partial charge in [-0.05, 0) is 49.2 Å². The molecule has 6 nitrogen and oxygen atoms in total. The highest BCUT2D eigenvalue weighted by molar-refractivity contribution is 5.97. The average Bonchev–Trinajstić information content (AvgIpc) is 3.10. The second-order valence-corrected chi connectivity index (χ2v) is 6.49. The lowest BCUT2D eigenvalue weighted by Crippen LogP contribution is -2.40. The van der Waals surface area contributed by atoms with Gasteiger partial charge in [-0.2, -0.15) is 0 Å². The van der Waals surface area contributed by atoms with Crippen molar-refractivity contribution in [1.82, 2.24) is 10.3 Å². The predicted octanol–water partition coefficient (Wildman–Crippen LogP) is 3.28. The van der Waals surface area contributed by atoms with E-state index in [0.29, 0.717) is 18.8 Å². The number of benzene rings is 2. The molecule has 3 rings (SSSR count). The number of hydrogen-bond acceptors (Lipinski definition) is 3. The van der Waals surface area contributed by atoms with E-state index < -0.39 is 0 Å². The largest absolute Gasteiger partial charge is 0.494 e. The third kappa shape index (κ3) is 4.71. The molecule has 6 heteroatoms. The summed E-state index contributed by atoms with van der Waals surface area (Å²) < 4.78 is 5.42. The molecule has 0 aliphatic heterocycles. The molecule has 28 heavy (non-hydrogen) atoms. The van der Waals surface area contributed by atoms with Crippen LogP contribution in [-0.2, 0) is 16.0 Å². The van der Waals surface area contributed by atoms with Gasteiger partial charge in [0.25, 0.3) is 0 Å². The fourth-order valence-corrected chi connectivity index (χ4v) is 3.15. The molecule has 0 atom stereocenters. The third-order valence-electron chi connectivity index (χ3n) is 4.53. The molecule has 2 amide bonds. The number of hydrogen-bond donors (Lipinski definition) is 2. The predicted molar refractivity (Wildman–Crippen MR) is 111 cm³/mol. The molecule has 0 unspecified atom stereocenters. The lowest BCUT2D eigenvalue weighted by molar-refractivity contribution is -0.123. The molecule has 1 aromatic heterocycles. The van der Waals surface area contributed by atoms with Crippen LogP contribution in [-0.4, -0.2) is 36.5 Å². The van der Waals surface area contributed by atoms with Crippen molar-refractivity contribution in [2.45, 2.75) is 20.3 Å². The molecule has 0 radical (unpaired) electrons. The molecule has 2 aromatic carbocycles. The van der Waals surface area contributed by atoms with E-state index in [1.807, 2.05) is 31.3 Å². The lowest BCUT2D eigenvalue weighted by Gasteiger charge is -2.21. The average molecular weight is 379 g/mol. The van der Waals surface area contributed by atoms with Crippen LogP contribution in [0.25, 0.3) is 10.9 Å². The Labute approximate surface area is 164 Å². The minimum Gasteiger partial charge on any atom is -0.494 e. The van der Waals surface area contributed by atoms with E-state index >= 15 is 0 Å². The number of amides is 2. The highest BCUT2D eigenvalue weighted by Crippen LogP contribution is 2.20. The molecule has 0 saturated carbocycles. The van der Waals surface area contributed by atoms with Gasteiger partial charge < -0.3 is 19.9 Å². The minimum atomic E-state index is -0.191. The van der Waals surface area contributed by atoms with Crippen LogP contribution in [0.2, 0.25) is 0 Å². The van der Waals surface area contributed by atoms with Crippen LogP contribution in [0.3, 0.4) is 0 Å². The Morgan fingerprint density at radius 1 is 1.11 bits per heavy atom. The topological polar surface area (TPSA) is 74.4 Å². The molecular formula is C22H25N3O3. The summed E-state index contributed by atoms with van der Waals surface area (Å²) in [5.74, 6) is 0.359. The van der Waals surface area contributed by atoms with E-state index in [-0.39, 0.29) is 18.4 Å². The van der Waals surface area contributed by atoms with E-state index in [2.05, 4.69) is 16.4 Å². The van der Waals surface area contributed by atoms with E-state index in [4.69, 9.17) is 4.74 Å². The zero-order valence-corrected chi connectivity index (χ0v) is 16.2. The number of carbonyl (C=O) groups is 2. The van der Waals surface area contributed by atoms with E-state index in [1.54, 1.807) is 24.3 Å². The number of fused-ring (bicyclic) bond motifs is 1. The van der Waals surface area contributed by atoms with Crippen LogP contribution < -0.4 is 15.0 Å². The maximum absolute atomic E-state index is 12.4. The molecule has 146 valence electrons. The summed E-state index contributed by atoms with van der Waals surface area (Å²) in [6.07, 6.45) is 2.69. The second-order valence-electron chi connectivity index (χ2n) is 6.49. The van der Waals surface area contributed by atoms with Gasteiger partial charge in [-0.25, -0.2) is 0 Å². The fourth-order valence-electron chi connectivity index (χ4n) is 3.15. The SMILES string of the molecule is CCOc1ccc(N(CC(=O)NCCc2c[nH]c3ccccc23)C(C)=O)cc1. The normalized spacial score (nSPS) is 10.6. The Kier molecular flexibility index (Phi) is 6.32. The van der Waals surface area contributed by atoms with Crippen LogP contribution in [0.1, 0.15) is 19.4 Å². The standard InChI is InChI=1S/C22H25N3O3/c1-3-28-19-10-8-18(9-11-19)25(16(2)26)15-22(27)23-13-12-17-14-24-21-7-5-4-6-20(17)21/h4-11,14,24H,3,12-13,15H2,1-2H3,(H,23,27). The molecule has 1 heterocycles. The van der Waals surface area contributed by atoms with E-state index in [0.717, 1.165) is 28.6 Å². The summed E-state index contributed by atoms with van der Waals surface area (Å²) in [6.45, 7) is 4.44. The molecule has 0 spiro atoms. The molecule has 0 aliphatic rings. The van der Waals surface area contributed by atoms with Gasteiger partial charge in [-0.3, -0.25) is 9.59 Å². The molecule has 2 N–H and O–H groups in total. The second kappa shape index (κ2) is 9.08. The van der Waals surface area contributed by atoms with Gasteiger partial charge in [0.1, 0.15) is 12.3 Å². The smallest absolute Gasteiger partial charge is 0.240 e. The Hall–Kier alpha value is -3.28. The first-order valence-corrected chi connectivity index (χ1v) is 9.41. The quantitative estimate of drug-likeness (QED) is 0.631. The molecule has 0 saturated heterocycles. The van der Waals surface area contributed by atoms with Crippen molar-refractivity contribution in [3.05, 3.63) is 60.3 Å². The minimum absolute atomic E-state index is 0.0167. The number of anilines is 1. The van der Waals surface area contributed by atoms with Gasteiger partial charge in [0.2, 0.25) is 11.8 Å². The number of aromatic nitrogens is 1. The monoisotopic (exact) mass is 379 g/mol. The van der Waals surface area contributed by atoms with Crippen molar-refractivity contribution in [1.29, 1.82) is 0 Å². The van der Waals surface area contributed by atoms with Crippen LogP contribution in [0.15, 0.2) is 54.7 Å². The highest BCUT2D eigenvalue weighted by Gasteiger charge is 2.16. The number of nitrogens with one attached hydrogen (secondary N) is 2. The van der Waals surface area contributed by atoms with Crippen molar-refractivity contribution >= 4 is 28.4 Å². The van der Waals surface area contributed by atoms with Crippen molar-refractivity contribution < 1.29 is 14.3 Å². The van der Waals surface area contributed by atoms with Gasteiger partial charge in [0.05, 0.1) is 6.61 Å². The van der Waals surface area contributed by atoms with Crippen LogP contribution in [0.4, 0.5) is 5.69 Å². The number of carbonyl (C=O) groups excluding carboxylic acids is 2. The summed E-state index contributed by atoms with van der Waals surface area (Å²) in [6, 6.07) is 15.2. The van der Waals surface area contributed by atoms with Crippen LogP contribution >= 0.6 is 0 Å². The molecule has 3 aromatic rings. The highest BCUT2D eigenvalue weighted by atomic mass is 16.5. The summed E-state index contributed by atoms with van der Waals surface area (Å²) in [5, 5.41) is 4.06. The first kappa shape index (κ1) is 19.5. The lowest BCUT2D eigenvalue weighted by atomic mass is 10.1. The van der Waals surface area contributed by atoms with Crippen molar-refractivity contribution in [2.75, 3.05) is 24.6 Å². The summed E-state index contributed by atoms with van der Waals surface area (Å²) >= 11 is 0. The summed E-state index contributed by atoms with van der Waals surface area (Å²) in [7, 11) is 0. The maximum atomic E-state index is 12.4. The Morgan fingerprint density at radius 3 is 2.57 bits per heavy atom. The first-order valence-electron chi connectivity index (χ1n) is 9.41. The molecular weight excluding hydrogens is 354 g/mol. The number of ether oxygens (including phenoxy) is 1. The molecule has 0 bridgehead atoms. The van der Waals surface area contributed by atoms with E-state index in [1.165, 1.54) is 11.8 Å². The Morgan fingerprint density at radius 2 is 1.86 bits per heavy atom. The Balaban J connectivity index is 1.56. The van der Waals surface area contributed by atoms with E-state index in [9.17, 15) is 9.59 Å². The molecule has 0 aliphatic carbocycles. The fraction of sp³-hybridized carbons (Fsp3) is 0.273. The van der Waals surface area contributed by atoms with Crippen molar-refractivity contribution in [3.63, 3.8) is 0 Å². The zero-order chi connectivity index (χ0) is 19.9. The Bertz CT molecular complexity index is 947. The van der Waals surface area contributed by atoms with Gasteiger partial charge in [0.15, 0.2) is 0 Å². The van der Waals surface area contributed by atoms with Crippen molar-refractivity contribution in [2.24, 2.45) is 0 Å². The van der Waals surface area contributed by atoms with Gasteiger partial charge >= 0.3 is 0 Å². The number of para-hydroxylation sites is 1. The summed E-state index contributed by atoms with van der Waals surface area (Å²) in [5.41, 5.74) is 2.91. The number of H-pyrrole nitrogens is 1. The third-order valence-corrected chi connectivity index (χ3v) is 4.53. The van der Waals surface area contributed by atoms with Crippen LogP contribution in [0, 0.1) is 0 Å².